The van der Waals surface area contributed by atoms with Gasteiger partial charge in [-0.2, -0.15) is 0 Å². The van der Waals surface area contributed by atoms with Crippen LogP contribution in [0, 0.1) is 0 Å². The first kappa shape index (κ1) is 10.9. The van der Waals surface area contributed by atoms with Crippen molar-refractivity contribution < 1.29 is 4.79 Å². The first-order valence-corrected chi connectivity index (χ1v) is 5.08. The second kappa shape index (κ2) is 4.39. The molecule has 2 amide bonds. The molecule has 0 radical (unpaired) electrons. The van der Waals surface area contributed by atoms with Crippen LogP contribution >= 0.6 is 11.3 Å². The third-order valence-electron chi connectivity index (χ3n) is 1.61. The van der Waals surface area contributed by atoms with Crippen molar-refractivity contribution in [3.63, 3.8) is 0 Å². The van der Waals surface area contributed by atoms with Gasteiger partial charge in [-0.25, -0.2) is 9.78 Å². The Morgan fingerprint density at radius 2 is 2.36 bits per heavy atom. The summed E-state index contributed by atoms with van der Waals surface area (Å²) in [5.74, 6) is 0. The molecule has 1 atom stereocenters. The highest BCUT2D eigenvalue weighted by molar-refractivity contribution is 7.13. The smallest absolute Gasteiger partial charge is 0.323 e. The van der Waals surface area contributed by atoms with Crippen LogP contribution in [-0.4, -0.2) is 30.0 Å². The molecular weight excluding hydrogens is 200 g/mol. The number of carbonyl (C=O) groups is 1. The number of rotatable bonds is 2. The predicted molar refractivity (Wildman–Crippen MR) is 57.4 cm³/mol. The van der Waals surface area contributed by atoms with Crippen LogP contribution in [0.1, 0.15) is 18.7 Å². The normalized spacial score (nSPS) is 12.3. The maximum absolute atomic E-state index is 11.2. The third-order valence-corrected chi connectivity index (χ3v) is 2.38. The second-order valence-corrected chi connectivity index (χ2v) is 4.05. The molecule has 0 aromatic carbocycles. The molecule has 1 rings (SSSR count). The minimum absolute atomic E-state index is 0.101. The van der Waals surface area contributed by atoms with E-state index in [0.29, 0.717) is 5.13 Å². The Morgan fingerprint density at radius 3 is 2.79 bits per heavy atom. The molecule has 0 fully saturated rings. The number of thiazole rings is 1. The molecular formula is C8H14N4OS. The predicted octanol–water partition coefficient (Wildman–Crippen LogP) is 1.26. The largest absolute Gasteiger partial charge is 0.331 e. The molecule has 0 aliphatic heterocycles. The van der Waals surface area contributed by atoms with Gasteiger partial charge in [0.1, 0.15) is 0 Å². The summed E-state index contributed by atoms with van der Waals surface area (Å²) in [6.07, 6.45) is 0. The lowest BCUT2D eigenvalue weighted by atomic mass is 10.3. The first-order valence-electron chi connectivity index (χ1n) is 4.20. The van der Waals surface area contributed by atoms with Gasteiger partial charge in [0.15, 0.2) is 5.13 Å². The van der Waals surface area contributed by atoms with E-state index in [1.165, 1.54) is 16.2 Å². The van der Waals surface area contributed by atoms with Crippen LogP contribution < -0.4 is 11.1 Å². The Kier molecular flexibility index (Phi) is 3.43. The molecule has 0 spiro atoms. The maximum atomic E-state index is 11.2. The standard InChI is InChI=1S/C8H14N4OS/c1-5(9)6-4-14-7(10-6)11-8(13)12(2)3/h4-5H,9H2,1-3H3,(H,10,11,13). The number of nitrogens with zero attached hydrogens (tertiary/aromatic N) is 2. The van der Waals surface area contributed by atoms with Crippen LogP contribution in [0.2, 0.25) is 0 Å². The van der Waals surface area contributed by atoms with E-state index in [9.17, 15) is 4.79 Å². The molecule has 6 heteroatoms. The first-order chi connectivity index (χ1) is 6.50. The number of hydrogen-bond donors (Lipinski definition) is 2. The number of aromatic nitrogens is 1. The maximum Gasteiger partial charge on any atom is 0.323 e. The number of hydrogen-bond acceptors (Lipinski definition) is 4. The summed E-state index contributed by atoms with van der Waals surface area (Å²) in [6.45, 7) is 1.85. The van der Waals surface area contributed by atoms with Crippen molar-refractivity contribution in [2.24, 2.45) is 5.73 Å². The van der Waals surface area contributed by atoms with Gasteiger partial charge in [-0.05, 0) is 6.92 Å². The summed E-state index contributed by atoms with van der Waals surface area (Å²) in [7, 11) is 3.35. The van der Waals surface area contributed by atoms with E-state index in [-0.39, 0.29) is 12.1 Å². The molecule has 78 valence electrons. The molecule has 5 nitrogen and oxygen atoms in total. The summed E-state index contributed by atoms with van der Waals surface area (Å²) >= 11 is 1.37. The van der Waals surface area contributed by atoms with E-state index in [1.54, 1.807) is 14.1 Å². The van der Waals surface area contributed by atoms with Crippen molar-refractivity contribution in [3.8, 4) is 0 Å². The molecule has 0 aliphatic rings. The van der Waals surface area contributed by atoms with E-state index in [4.69, 9.17) is 5.73 Å². The highest BCUT2D eigenvalue weighted by Crippen LogP contribution is 2.19. The lowest BCUT2D eigenvalue weighted by Crippen LogP contribution is -2.27. The number of anilines is 1. The Labute approximate surface area is 86.9 Å². The summed E-state index contributed by atoms with van der Waals surface area (Å²) in [5.41, 5.74) is 6.43. The van der Waals surface area contributed by atoms with Gasteiger partial charge >= 0.3 is 6.03 Å². The Morgan fingerprint density at radius 1 is 1.71 bits per heavy atom. The molecule has 1 aromatic rings. The van der Waals surface area contributed by atoms with E-state index >= 15 is 0 Å². The zero-order valence-corrected chi connectivity index (χ0v) is 9.26. The van der Waals surface area contributed by atoms with Crippen molar-refractivity contribution in [2.75, 3.05) is 19.4 Å². The summed E-state index contributed by atoms with van der Waals surface area (Å²) in [6, 6.07) is -0.285. The van der Waals surface area contributed by atoms with Crippen LogP contribution in [0.25, 0.3) is 0 Å². The van der Waals surface area contributed by atoms with Gasteiger partial charge in [0, 0.05) is 25.5 Å². The summed E-state index contributed by atoms with van der Waals surface area (Å²) in [4.78, 5) is 16.9. The molecule has 0 saturated carbocycles. The molecule has 3 N–H and O–H groups in total. The average Bonchev–Trinajstić information content (AvgIpc) is 2.52. The van der Waals surface area contributed by atoms with Gasteiger partial charge in [-0.1, -0.05) is 0 Å². The zero-order chi connectivity index (χ0) is 10.7. The molecule has 0 bridgehead atoms. The number of nitrogens with two attached hydrogens (primary N) is 1. The van der Waals surface area contributed by atoms with Crippen molar-refractivity contribution in [2.45, 2.75) is 13.0 Å². The van der Waals surface area contributed by atoms with Gasteiger partial charge in [-0.3, -0.25) is 5.32 Å². The molecule has 14 heavy (non-hydrogen) atoms. The Balaban J connectivity index is 2.64. The molecule has 0 saturated heterocycles. The molecule has 1 unspecified atom stereocenters. The van der Waals surface area contributed by atoms with Crippen LogP contribution in [0.15, 0.2) is 5.38 Å². The highest BCUT2D eigenvalue weighted by atomic mass is 32.1. The average molecular weight is 214 g/mol. The van der Waals surface area contributed by atoms with Crippen LogP contribution in [0.5, 0.6) is 0 Å². The Hall–Kier alpha value is -1.14. The van der Waals surface area contributed by atoms with Gasteiger partial charge in [0.2, 0.25) is 0 Å². The van der Waals surface area contributed by atoms with E-state index in [1.807, 2.05) is 12.3 Å². The number of amides is 2. The van der Waals surface area contributed by atoms with Crippen molar-refractivity contribution in [1.29, 1.82) is 0 Å². The molecule has 1 aromatic heterocycles. The van der Waals surface area contributed by atoms with Crippen molar-refractivity contribution in [1.82, 2.24) is 9.88 Å². The van der Waals surface area contributed by atoms with Gasteiger partial charge in [0.05, 0.1) is 5.69 Å². The van der Waals surface area contributed by atoms with Crippen molar-refractivity contribution >= 4 is 22.5 Å². The number of carbonyl (C=O) groups excluding carboxylic acids is 1. The van der Waals surface area contributed by atoms with Gasteiger partial charge in [0.25, 0.3) is 0 Å². The Bertz CT molecular complexity index is 321. The summed E-state index contributed by atoms with van der Waals surface area (Å²) < 4.78 is 0. The van der Waals surface area contributed by atoms with Crippen molar-refractivity contribution in [3.05, 3.63) is 11.1 Å². The quantitative estimate of drug-likeness (QED) is 0.778. The summed E-state index contributed by atoms with van der Waals surface area (Å²) in [5, 5.41) is 5.08. The fourth-order valence-electron chi connectivity index (χ4n) is 0.756. The highest BCUT2D eigenvalue weighted by Gasteiger charge is 2.09. The monoisotopic (exact) mass is 214 g/mol. The SMILES string of the molecule is CC(N)c1csc(NC(=O)N(C)C)n1. The zero-order valence-electron chi connectivity index (χ0n) is 8.44. The van der Waals surface area contributed by atoms with Crippen LogP contribution in [-0.2, 0) is 0 Å². The lowest BCUT2D eigenvalue weighted by Gasteiger charge is -2.09. The van der Waals surface area contributed by atoms with Gasteiger partial charge < -0.3 is 10.6 Å². The van der Waals surface area contributed by atoms with Crippen LogP contribution in [0.4, 0.5) is 9.93 Å². The van der Waals surface area contributed by atoms with E-state index in [0.717, 1.165) is 5.69 Å². The number of nitrogens with one attached hydrogen (secondary N) is 1. The molecule has 0 aliphatic carbocycles. The van der Waals surface area contributed by atoms with Gasteiger partial charge in [-0.15, -0.1) is 11.3 Å². The lowest BCUT2D eigenvalue weighted by molar-refractivity contribution is 0.230. The van der Waals surface area contributed by atoms with E-state index < -0.39 is 0 Å². The molecule has 1 heterocycles. The minimum Gasteiger partial charge on any atom is -0.331 e. The van der Waals surface area contributed by atoms with Crippen LogP contribution in [0.3, 0.4) is 0 Å². The second-order valence-electron chi connectivity index (χ2n) is 3.19. The minimum atomic E-state index is -0.185. The topological polar surface area (TPSA) is 71.2 Å². The fraction of sp³-hybridized carbons (Fsp3) is 0.500. The fourth-order valence-corrected chi connectivity index (χ4v) is 1.56. The number of urea groups is 1. The third kappa shape index (κ3) is 2.68. The van der Waals surface area contributed by atoms with E-state index in [2.05, 4.69) is 10.3 Å².